The standard InChI is InChI=1S/C19H19ClN2O3S/c1-14-13-16(20)6-9-18(14)21-19(23)10-5-15-3-7-17(8-4-15)22-11-2-12-26(22,24)25/h3-10,13H,2,11-12H2,1H3,(H,21,23)/b10-5+. The van der Waals surface area contributed by atoms with E-state index >= 15 is 0 Å². The van der Waals surface area contributed by atoms with E-state index in [4.69, 9.17) is 11.6 Å². The van der Waals surface area contributed by atoms with Crippen LogP contribution in [0.1, 0.15) is 17.5 Å². The van der Waals surface area contributed by atoms with Gasteiger partial charge in [-0.15, -0.1) is 0 Å². The van der Waals surface area contributed by atoms with Crippen molar-refractivity contribution >= 4 is 45.0 Å². The zero-order chi connectivity index (χ0) is 18.7. The van der Waals surface area contributed by atoms with E-state index in [-0.39, 0.29) is 11.7 Å². The number of amides is 1. The number of nitrogens with zero attached hydrogens (tertiary/aromatic N) is 1. The first-order valence-corrected chi connectivity index (χ1v) is 10.2. The lowest BCUT2D eigenvalue weighted by Crippen LogP contribution is -2.24. The van der Waals surface area contributed by atoms with Gasteiger partial charge in [-0.1, -0.05) is 23.7 Å². The predicted molar refractivity (Wildman–Crippen MR) is 106 cm³/mol. The molecule has 0 unspecified atom stereocenters. The monoisotopic (exact) mass is 390 g/mol. The number of carbonyl (C=O) groups is 1. The average Bonchev–Trinajstić information content (AvgIpc) is 2.95. The molecule has 26 heavy (non-hydrogen) atoms. The molecule has 3 rings (SSSR count). The van der Waals surface area contributed by atoms with Crippen LogP contribution in [-0.2, 0) is 14.8 Å². The molecule has 1 aliphatic heterocycles. The lowest BCUT2D eigenvalue weighted by molar-refractivity contribution is -0.111. The Balaban J connectivity index is 1.66. The molecule has 136 valence electrons. The summed E-state index contributed by atoms with van der Waals surface area (Å²) in [5, 5.41) is 3.42. The molecule has 0 spiro atoms. The van der Waals surface area contributed by atoms with Gasteiger partial charge in [0, 0.05) is 23.3 Å². The van der Waals surface area contributed by atoms with E-state index in [0.717, 1.165) is 11.1 Å². The number of carbonyl (C=O) groups excluding carboxylic acids is 1. The normalized spacial score (nSPS) is 16.2. The predicted octanol–water partition coefficient (Wildman–Crippen LogP) is 3.84. The molecule has 1 amide bonds. The molecule has 1 saturated heterocycles. The number of benzene rings is 2. The van der Waals surface area contributed by atoms with Crippen LogP contribution in [0.15, 0.2) is 48.5 Å². The summed E-state index contributed by atoms with van der Waals surface area (Å²) in [5.41, 5.74) is 3.06. The van der Waals surface area contributed by atoms with Gasteiger partial charge in [0.1, 0.15) is 0 Å². The van der Waals surface area contributed by atoms with E-state index in [2.05, 4.69) is 5.32 Å². The third-order valence-corrected chi connectivity index (χ3v) is 6.26. The first kappa shape index (κ1) is 18.5. The minimum absolute atomic E-state index is 0.193. The van der Waals surface area contributed by atoms with Gasteiger partial charge in [-0.3, -0.25) is 9.10 Å². The number of sulfonamides is 1. The van der Waals surface area contributed by atoms with Gasteiger partial charge in [0.05, 0.1) is 11.4 Å². The lowest BCUT2D eigenvalue weighted by atomic mass is 10.2. The van der Waals surface area contributed by atoms with Gasteiger partial charge in [0.15, 0.2) is 0 Å². The molecule has 0 aliphatic carbocycles. The maximum absolute atomic E-state index is 12.1. The summed E-state index contributed by atoms with van der Waals surface area (Å²) in [5.74, 6) is -0.0551. The molecule has 0 aromatic heterocycles. The Morgan fingerprint density at radius 2 is 1.92 bits per heavy atom. The minimum Gasteiger partial charge on any atom is -0.322 e. The number of hydrogen-bond donors (Lipinski definition) is 1. The smallest absolute Gasteiger partial charge is 0.248 e. The molecule has 2 aromatic carbocycles. The van der Waals surface area contributed by atoms with Crippen LogP contribution in [-0.4, -0.2) is 26.6 Å². The molecule has 7 heteroatoms. The second-order valence-corrected chi connectivity index (χ2v) is 8.56. The first-order valence-electron chi connectivity index (χ1n) is 8.21. The number of anilines is 2. The molecule has 0 saturated carbocycles. The topological polar surface area (TPSA) is 66.5 Å². The fourth-order valence-corrected chi connectivity index (χ4v) is 4.59. The number of rotatable bonds is 4. The fraction of sp³-hybridized carbons (Fsp3) is 0.211. The molecule has 0 bridgehead atoms. The van der Waals surface area contributed by atoms with Crippen LogP contribution in [0.5, 0.6) is 0 Å². The van der Waals surface area contributed by atoms with Crippen molar-refractivity contribution in [1.82, 2.24) is 0 Å². The second kappa shape index (κ2) is 7.51. The molecule has 0 atom stereocenters. The van der Waals surface area contributed by atoms with Crippen LogP contribution < -0.4 is 9.62 Å². The third-order valence-electron chi connectivity index (χ3n) is 4.15. The van der Waals surface area contributed by atoms with Crippen LogP contribution in [0.3, 0.4) is 0 Å². The second-order valence-electron chi connectivity index (χ2n) is 6.12. The minimum atomic E-state index is -3.18. The molecule has 5 nitrogen and oxygen atoms in total. The molecule has 1 N–H and O–H groups in total. The van der Waals surface area contributed by atoms with Crippen molar-refractivity contribution in [2.75, 3.05) is 21.9 Å². The molecule has 1 heterocycles. The van der Waals surface area contributed by atoms with Gasteiger partial charge in [-0.05, 0) is 60.9 Å². The Kier molecular flexibility index (Phi) is 5.34. The van der Waals surface area contributed by atoms with Crippen LogP contribution in [0.25, 0.3) is 6.08 Å². The Bertz CT molecular complexity index is 953. The first-order chi connectivity index (χ1) is 12.3. The van der Waals surface area contributed by atoms with Gasteiger partial charge in [-0.25, -0.2) is 8.42 Å². The van der Waals surface area contributed by atoms with Gasteiger partial charge in [0.2, 0.25) is 15.9 Å². The van der Waals surface area contributed by atoms with Crippen LogP contribution in [0.2, 0.25) is 5.02 Å². The van der Waals surface area contributed by atoms with Crippen molar-refractivity contribution in [2.45, 2.75) is 13.3 Å². The summed E-state index contributed by atoms with van der Waals surface area (Å²) in [7, 11) is -3.18. The van der Waals surface area contributed by atoms with E-state index in [1.807, 2.05) is 6.92 Å². The number of hydrogen-bond acceptors (Lipinski definition) is 3. The zero-order valence-corrected chi connectivity index (χ0v) is 15.8. The van der Waals surface area contributed by atoms with Gasteiger partial charge >= 0.3 is 0 Å². The highest BCUT2D eigenvalue weighted by Crippen LogP contribution is 2.24. The van der Waals surface area contributed by atoms with Crippen LogP contribution in [0.4, 0.5) is 11.4 Å². The maximum atomic E-state index is 12.1. The van der Waals surface area contributed by atoms with E-state index < -0.39 is 10.0 Å². The van der Waals surface area contributed by atoms with Gasteiger partial charge in [-0.2, -0.15) is 0 Å². The molecule has 1 fully saturated rings. The summed E-state index contributed by atoms with van der Waals surface area (Å²) in [4.78, 5) is 12.1. The highest BCUT2D eigenvalue weighted by atomic mass is 35.5. The zero-order valence-electron chi connectivity index (χ0n) is 14.3. The lowest BCUT2D eigenvalue weighted by Gasteiger charge is -2.16. The van der Waals surface area contributed by atoms with Crippen molar-refractivity contribution in [2.24, 2.45) is 0 Å². The summed E-state index contributed by atoms with van der Waals surface area (Å²) in [6.45, 7) is 2.39. The van der Waals surface area contributed by atoms with Crippen molar-refractivity contribution in [3.63, 3.8) is 0 Å². The highest BCUT2D eigenvalue weighted by Gasteiger charge is 2.28. The Hall–Kier alpha value is -2.31. The largest absolute Gasteiger partial charge is 0.322 e. The van der Waals surface area contributed by atoms with E-state index in [9.17, 15) is 13.2 Å². The number of aryl methyl sites for hydroxylation is 1. The number of nitrogens with one attached hydrogen (secondary N) is 1. The third kappa shape index (κ3) is 4.26. The summed E-state index contributed by atoms with van der Waals surface area (Å²) in [6, 6.07) is 12.4. The molecular weight excluding hydrogens is 372 g/mol. The van der Waals surface area contributed by atoms with Crippen molar-refractivity contribution in [1.29, 1.82) is 0 Å². The van der Waals surface area contributed by atoms with Gasteiger partial charge in [0.25, 0.3) is 0 Å². The fourth-order valence-electron chi connectivity index (χ4n) is 2.79. The average molecular weight is 391 g/mol. The summed E-state index contributed by atoms with van der Waals surface area (Å²) >= 11 is 5.90. The summed E-state index contributed by atoms with van der Waals surface area (Å²) in [6.07, 6.45) is 3.77. The quantitative estimate of drug-likeness (QED) is 0.806. The maximum Gasteiger partial charge on any atom is 0.248 e. The van der Waals surface area contributed by atoms with Crippen LogP contribution in [0, 0.1) is 6.92 Å². The van der Waals surface area contributed by atoms with Crippen molar-refractivity contribution in [3.8, 4) is 0 Å². The van der Waals surface area contributed by atoms with Crippen LogP contribution >= 0.6 is 11.6 Å². The Morgan fingerprint density at radius 3 is 2.54 bits per heavy atom. The number of halogens is 1. The molecule has 2 aromatic rings. The van der Waals surface area contributed by atoms with E-state index in [1.165, 1.54) is 10.4 Å². The molecule has 0 radical (unpaired) electrons. The van der Waals surface area contributed by atoms with E-state index in [1.54, 1.807) is 48.5 Å². The van der Waals surface area contributed by atoms with E-state index in [0.29, 0.717) is 29.4 Å². The Morgan fingerprint density at radius 1 is 1.19 bits per heavy atom. The summed E-state index contributed by atoms with van der Waals surface area (Å²) < 4.78 is 25.3. The van der Waals surface area contributed by atoms with Gasteiger partial charge < -0.3 is 5.32 Å². The highest BCUT2D eigenvalue weighted by molar-refractivity contribution is 7.93. The Labute approximate surface area is 158 Å². The molecule has 1 aliphatic rings. The van der Waals surface area contributed by atoms with Crippen molar-refractivity contribution in [3.05, 3.63) is 64.7 Å². The molecular formula is C19H19ClN2O3S. The van der Waals surface area contributed by atoms with Crippen molar-refractivity contribution < 1.29 is 13.2 Å². The SMILES string of the molecule is Cc1cc(Cl)ccc1NC(=O)/C=C/c1ccc(N2CCCS2(=O)=O)cc1.